The topological polar surface area (TPSA) is 38.7 Å². The van der Waals surface area contributed by atoms with Gasteiger partial charge in [-0.25, -0.2) is 0 Å². The molecule has 0 aromatic heterocycles. The molecule has 3 heteroatoms. The van der Waals surface area contributed by atoms with Gasteiger partial charge in [-0.05, 0) is 36.5 Å². The molecule has 94 valence electrons. The van der Waals surface area contributed by atoms with E-state index in [2.05, 4.69) is 19.1 Å². The van der Waals surface area contributed by atoms with Crippen LogP contribution >= 0.6 is 0 Å². The molecule has 17 heavy (non-hydrogen) atoms. The predicted molar refractivity (Wildman–Crippen MR) is 66.8 cm³/mol. The van der Waals surface area contributed by atoms with Crippen molar-refractivity contribution >= 4 is 0 Å². The maximum Gasteiger partial charge on any atom is 0.161 e. The zero-order valence-corrected chi connectivity index (χ0v) is 10.3. The third-order valence-corrected chi connectivity index (χ3v) is 3.15. The van der Waals surface area contributed by atoms with E-state index < -0.39 is 0 Å². The molecule has 1 heterocycles. The summed E-state index contributed by atoms with van der Waals surface area (Å²) in [5.74, 6) is 2.09. The quantitative estimate of drug-likeness (QED) is 0.854. The normalized spacial score (nSPS) is 15.6. The summed E-state index contributed by atoms with van der Waals surface area (Å²) in [6, 6.07) is 6.12. The van der Waals surface area contributed by atoms with Crippen LogP contribution in [0.3, 0.4) is 0 Å². The maximum atomic E-state index is 9.11. The van der Waals surface area contributed by atoms with Crippen LogP contribution in [0, 0.1) is 0 Å². The van der Waals surface area contributed by atoms with Crippen LogP contribution < -0.4 is 9.47 Å². The van der Waals surface area contributed by atoms with E-state index in [1.54, 1.807) is 0 Å². The van der Waals surface area contributed by atoms with E-state index >= 15 is 0 Å². The van der Waals surface area contributed by atoms with E-state index in [9.17, 15) is 0 Å². The number of ether oxygens (including phenoxy) is 2. The van der Waals surface area contributed by atoms with Gasteiger partial charge >= 0.3 is 0 Å². The first-order chi connectivity index (χ1) is 8.35. The average molecular weight is 236 g/mol. The molecule has 1 atom stereocenters. The van der Waals surface area contributed by atoms with Crippen molar-refractivity contribution in [3.8, 4) is 11.5 Å². The summed E-state index contributed by atoms with van der Waals surface area (Å²) in [6.45, 7) is 3.65. The number of hydrogen-bond donors (Lipinski definition) is 1. The third kappa shape index (κ3) is 2.91. The molecule has 1 aromatic rings. The van der Waals surface area contributed by atoms with Gasteiger partial charge in [-0.1, -0.05) is 19.4 Å². The molecular formula is C14H20O3. The van der Waals surface area contributed by atoms with Gasteiger partial charge in [0, 0.05) is 6.61 Å². The molecule has 1 N–H and O–H groups in total. The van der Waals surface area contributed by atoms with Crippen LogP contribution in [0.15, 0.2) is 18.2 Å². The fraction of sp³-hybridized carbons (Fsp3) is 0.571. The van der Waals surface area contributed by atoms with Gasteiger partial charge in [-0.2, -0.15) is 0 Å². The average Bonchev–Trinajstić information content (AvgIpc) is 2.38. The van der Waals surface area contributed by atoms with Gasteiger partial charge in [-0.15, -0.1) is 0 Å². The molecule has 0 bridgehead atoms. The predicted octanol–water partition coefficient (Wildman–Crippen LogP) is 2.72. The minimum absolute atomic E-state index is 0.235. The SMILES string of the molecule is CCCC(CCO)c1ccc2c(c1)OCCO2. The lowest BCUT2D eigenvalue weighted by atomic mass is 9.91. The number of hydrogen-bond acceptors (Lipinski definition) is 3. The Labute approximate surface area is 102 Å². The van der Waals surface area contributed by atoms with Crippen LogP contribution in [0.4, 0.5) is 0 Å². The summed E-state index contributed by atoms with van der Waals surface area (Å²) >= 11 is 0. The smallest absolute Gasteiger partial charge is 0.161 e. The van der Waals surface area contributed by atoms with Crippen LogP contribution in [0.25, 0.3) is 0 Å². The summed E-state index contributed by atoms with van der Waals surface area (Å²) < 4.78 is 11.1. The van der Waals surface area contributed by atoms with Crippen LogP contribution in [0.2, 0.25) is 0 Å². The molecule has 0 aliphatic carbocycles. The van der Waals surface area contributed by atoms with Crippen molar-refractivity contribution < 1.29 is 14.6 Å². The molecule has 0 fully saturated rings. The molecular weight excluding hydrogens is 216 g/mol. The summed E-state index contributed by atoms with van der Waals surface area (Å²) in [7, 11) is 0. The van der Waals surface area contributed by atoms with Gasteiger partial charge in [0.1, 0.15) is 13.2 Å². The largest absolute Gasteiger partial charge is 0.486 e. The standard InChI is InChI=1S/C14H20O3/c1-2-3-11(6-7-15)12-4-5-13-14(10-12)17-9-8-16-13/h4-5,10-11,15H,2-3,6-9H2,1H3. The molecule has 1 aliphatic heterocycles. The molecule has 1 aromatic carbocycles. The van der Waals surface area contributed by atoms with E-state index in [0.29, 0.717) is 19.1 Å². The van der Waals surface area contributed by atoms with Gasteiger partial charge in [-0.3, -0.25) is 0 Å². The molecule has 3 nitrogen and oxygen atoms in total. The summed E-state index contributed by atoms with van der Waals surface area (Å²) in [4.78, 5) is 0. The third-order valence-electron chi connectivity index (χ3n) is 3.15. The Hall–Kier alpha value is -1.22. The van der Waals surface area contributed by atoms with Crippen molar-refractivity contribution in [2.45, 2.75) is 32.1 Å². The molecule has 0 spiro atoms. The Morgan fingerprint density at radius 2 is 1.94 bits per heavy atom. The zero-order valence-electron chi connectivity index (χ0n) is 10.3. The number of fused-ring (bicyclic) bond motifs is 1. The highest BCUT2D eigenvalue weighted by Gasteiger charge is 2.16. The highest BCUT2D eigenvalue weighted by atomic mass is 16.6. The van der Waals surface area contributed by atoms with Crippen LogP contribution in [0.1, 0.15) is 37.7 Å². The van der Waals surface area contributed by atoms with Crippen LogP contribution in [-0.4, -0.2) is 24.9 Å². The van der Waals surface area contributed by atoms with Gasteiger partial charge in [0.15, 0.2) is 11.5 Å². The molecule has 0 saturated heterocycles. The highest BCUT2D eigenvalue weighted by molar-refractivity contribution is 5.44. The summed E-state index contributed by atoms with van der Waals surface area (Å²) in [5, 5.41) is 9.11. The molecule has 0 amide bonds. The lowest BCUT2D eigenvalue weighted by Crippen LogP contribution is -2.15. The second-order valence-corrected chi connectivity index (χ2v) is 4.40. The minimum atomic E-state index is 0.235. The first-order valence-corrected chi connectivity index (χ1v) is 6.35. The van der Waals surface area contributed by atoms with Crippen LogP contribution in [-0.2, 0) is 0 Å². The number of aliphatic hydroxyl groups excluding tert-OH is 1. The van der Waals surface area contributed by atoms with Crippen molar-refractivity contribution in [3.63, 3.8) is 0 Å². The molecule has 1 unspecified atom stereocenters. The van der Waals surface area contributed by atoms with E-state index in [1.807, 2.05) is 6.07 Å². The Morgan fingerprint density at radius 1 is 1.18 bits per heavy atom. The maximum absolute atomic E-state index is 9.11. The first-order valence-electron chi connectivity index (χ1n) is 6.35. The molecule has 0 saturated carbocycles. The first kappa shape index (κ1) is 12.2. The van der Waals surface area contributed by atoms with Crippen molar-refractivity contribution in [1.29, 1.82) is 0 Å². The molecule has 0 radical (unpaired) electrons. The molecule has 2 rings (SSSR count). The highest BCUT2D eigenvalue weighted by Crippen LogP contribution is 2.35. The van der Waals surface area contributed by atoms with Gasteiger partial charge in [0.2, 0.25) is 0 Å². The summed E-state index contributed by atoms with van der Waals surface area (Å²) in [6.07, 6.45) is 3.03. The van der Waals surface area contributed by atoms with Crippen molar-refractivity contribution in [2.24, 2.45) is 0 Å². The summed E-state index contributed by atoms with van der Waals surface area (Å²) in [5.41, 5.74) is 1.24. The number of aliphatic hydroxyl groups is 1. The second kappa shape index (κ2) is 5.92. The minimum Gasteiger partial charge on any atom is -0.486 e. The second-order valence-electron chi connectivity index (χ2n) is 4.40. The fourth-order valence-electron chi connectivity index (χ4n) is 2.30. The lowest BCUT2D eigenvalue weighted by Gasteiger charge is -2.21. The van der Waals surface area contributed by atoms with E-state index in [-0.39, 0.29) is 6.61 Å². The monoisotopic (exact) mass is 236 g/mol. The Bertz CT molecular complexity index is 356. The van der Waals surface area contributed by atoms with Crippen molar-refractivity contribution in [1.82, 2.24) is 0 Å². The lowest BCUT2D eigenvalue weighted by molar-refractivity contribution is 0.171. The van der Waals surface area contributed by atoms with E-state index in [0.717, 1.165) is 30.8 Å². The number of rotatable bonds is 5. The van der Waals surface area contributed by atoms with Gasteiger partial charge in [0.25, 0.3) is 0 Å². The van der Waals surface area contributed by atoms with Crippen LogP contribution in [0.5, 0.6) is 11.5 Å². The van der Waals surface area contributed by atoms with Crippen molar-refractivity contribution in [3.05, 3.63) is 23.8 Å². The Balaban J connectivity index is 2.18. The zero-order chi connectivity index (χ0) is 12.1. The van der Waals surface area contributed by atoms with E-state index in [4.69, 9.17) is 14.6 Å². The fourth-order valence-corrected chi connectivity index (χ4v) is 2.30. The Morgan fingerprint density at radius 3 is 2.65 bits per heavy atom. The van der Waals surface area contributed by atoms with Gasteiger partial charge in [0.05, 0.1) is 0 Å². The van der Waals surface area contributed by atoms with Crippen molar-refractivity contribution in [2.75, 3.05) is 19.8 Å². The molecule has 1 aliphatic rings. The van der Waals surface area contributed by atoms with E-state index in [1.165, 1.54) is 5.56 Å². The Kier molecular flexibility index (Phi) is 4.26. The van der Waals surface area contributed by atoms with Gasteiger partial charge < -0.3 is 14.6 Å². The number of benzene rings is 1.